The Morgan fingerprint density at radius 2 is 2.00 bits per heavy atom. The molecule has 0 aliphatic carbocycles. The predicted octanol–water partition coefficient (Wildman–Crippen LogP) is 2.66. The first-order valence-electron chi connectivity index (χ1n) is 6.54. The summed E-state index contributed by atoms with van der Waals surface area (Å²) in [5.74, 6) is 0.613. The van der Waals surface area contributed by atoms with E-state index in [1.807, 2.05) is 24.3 Å². The molecule has 5 heteroatoms. The SMILES string of the molecule is Cl.N#Cc1cccc2ccc(OC3CCNCC3)nc12. The molecule has 2 aromatic rings. The number of aromatic nitrogens is 1. The number of nitriles is 1. The second-order valence-corrected chi connectivity index (χ2v) is 4.71. The molecular weight excluding hydrogens is 274 g/mol. The summed E-state index contributed by atoms with van der Waals surface area (Å²) in [6.07, 6.45) is 2.22. The van der Waals surface area contributed by atoms with Crippen molar-refractivity contribution in [1.82, 2.24) is 10.3 Å². The third-order valence-electron chi connectivity index (χ3n) is 3.39. The minimum absolute atomic E-state index is 0. The van der Waals surface area contributed by atoms with Crippen LogP contribution in [0.5, 0.6) is 5.88 Å². The molecular formula is C15H16ClN3O. The van der Waals surface area contributed by atoms with Gasteiger partial charge in [0, 0.05) is 11.5 Å². The van der Waals surface area contributed by atoms with Crippen LogP contribution in [0.25, 0.3) is 10.9 Å². The van der Waals surface area contributed by atoms with Crippen molar-refractivity contribution in [3.63, 3.8) is 0 Å². The van der Waals surface area contributed by atoms with E-state index in [1.54, 1.807) is 6.07 Å². The Kier molecular flexibility index (Phi) is 4.78. The van der Waals surface area contributed by atoms with Gasteiger partial charge in [-0.3, -0.25) is 0 Å². The smallest absolute Gasteiger partial charge is 0.214 e. The number of nitrogens with zero attached hydrogens (tertiary/aromatic N) is 2. The molecule has 0 amide bonds. The van der Waals surface area contributed by atoms with E-state index >= 15 is 0 Å². The largest absolute Gasteiger partial charge is 0.474 e. The molecule has 0 unspecified atom stereocenters. The highest BCUT2D eigenvalue weighted by atomic mass is 35.5. The zero-order chi connectivity index (χ0) is 13.1. The number of benzene rings is 1. The van der Waals surface area contributed by atoms with Gasteiger partial charge in [-0.05, 0) is 38.1 Å². The topological polar surface area (TPSA) is 57.9 Å². The first-order chi connectivity index (χ1) is 9.36. The van der Waals surface area contributed by atoms with Gasteiger partial charge in [0.05, 0.1) is 11.1 Å². The van der Waals surface area contributed by atoms with Crippen molar-refractivity contribution in [2.75, 3.05) is 13.1 Å². The van der Waals surface area contributed by atoms with E-state index in [4.69, 9.17) is 10.00 Å². The predicted molar refractivity (Wildman–Crippen MR) is 80.2 cm³/mol. The monoisotopic (exact) mass is 289 g/mol. The van der Waals surface area contributed by atoms with Gasteiger partial charge in [-0.1, -0.05) is 12.1 Å². The van der Waals surface area contributed by atoms with Crippen LogP contribution in [0.1, 0.15) is 18.4 Å². The van der Waals surface area contributed by atoms with Gasteiger partial charge < -0.3 is 10.1 Å². The molecule has 104 valence electrons. The van der Waals surface area contributed by atoms with Crippen molar-refractivity contribution < 1.29 is 4.74 Å². The van der Waals surface area contributed by atoms with Crippen molar-refractivity contribution >= 4 is 23.3 Å². The second-order valence-electron chi connectivity index (χ2n) is 4.71. The van der Waals surface area contributed by atoms with E-state index in [-0.39, 0.29) is 18.5 Å². The van der Waals surface area contributed by atoms with Gasteiger partial charge in [0.2, 0.25) is 5.88 Å². The van der Waals surface area contributed by atoms with Crippen LogP contribution in [0.15, 0.2) is 30.3 Å². The van der Waals surface area contributed by atoms with Crippen LogP contribution in [-0.2, 0) is 0 Å². The number of halogens is 1. The lowest BCUT2D eigenvalue weighted by Crippen LogP contribution is -2.34. The number of ether oxygens (including phenoxy) is 1. The minimum Gasteiger partial charge on any atom is -0.474 e. The number of hydrogen-bond acceptors (Lipinski definition) is 4. The molecule has 0 radical (unpaired) electrons. The average Bonchev–Trinajstić information content (AvgIpc) is 2.47. The average molecular weight is 290 g/mol. The van der Waals surface area contributed by atoms with Gasteiger partial charge in [0.15, 0.2) is 0 Å². The molecule has 1 N–H and O–H groups in total. The number of hydrogen-bond donors (Lipinski definition) is 1. The molecule has 20 heavy (non-hydrogen) atoms. The number of piperidine rings is 1. The number of para-hydroxylation sites is 1. The fourth-order valence-corrected chi connectivity index (χ4v) is 2.37. The number of pyridine rings is 1. The second kappa shape index (κ2) is 6.56. The molecule has 0 spiro atoms. The van der Waals surface area contributed by atoms with Crippen LogP contribution in [-0.4, -0.2) is 24.2 Å². The molecule has 1 aromatic heterocycles. The van der Waals surface area contributed by atoms with Crippen LogP contribution in [0, 0.1) is 11.3 Å². The maximum atomic E-state index is 9.11. The van der Waals surface area contributed by atoms with Crippen molar-refractivity contribution in [2.24, 2.45) is 0 Å². The van der Waals surface area contributed by atoms with Crippen molar-refractivity contribution in [3.05, 3.63) is 35.9 Å². The molecule has 3 rings (SSSR count). The van der Waals surface area contributed by atoms with Crippen molar-refractivity contribution in [2.45, 2.75) is 18.9 Å². The lowest BCUT2D eigenvalue weighted by molar-refractivity contribution is 0.156. The van der Waals surface area contributed by atoms with Crippen LogP contribution in [0.4, 0.5) is 0 Å². The lowest BCUT2D eigenvalue weighted by atomic mass is 10.1. The summed E-state index contributed by atoms with van der Waals surface area (Å²) in [5, 5.41) is 13.4. The first kappa shape index (κ1) is 14.6. The number of nitrogens with one attached hydrogen (secondary N) is 1. The number of fused-ring (bicyclic) bond motifs is 1. The molecule has 1 aliphatic rings. The Bertz CT molecular complexity index is 633. The highest BCUT2D eigenvalue weighted by molar-refractivity contribution is 5.85. The van der Waals surface area contributed by atoms with Gasteiger partial charge in [-0.15, -0.1) is 12.4 Å². The lowest BCUT2D eigenvalue weighted by Gasteiger charge is -2.23. The van der Waals surface area contributed by atoms with Gasteiger partial charge >= 0.3 is 0 Å². The Labute approximate surface area is 124 Å². The summed E-state index contributed by atoms with van der Waals surface area (Å²) < 4.78 is 5.90. The highest BCUT2D eigenvalue weighted by Crippen LogP contribution is 2.21. The maximum Gasteiger partial charge on any atom is 0.214 e. The van der Waals surface area contributed by atoms with Crippen molar-refractivity contribution in [1.29, 1.82) is 5.26 Å². The normalized spacial score (nSPS) is 15.3. The fourth-order valence-electron chi connectivity index (χ4n) is 2.37. The Morgan fingerprint density at radius 1 is 1.20 bits per heavy atom. The van der Waals surface area contributed by atoms with E-state index in [2.05, 4.69) is 16.4 Å². The maximum absolute atomic E-state index is 9.11. The minimum atomic E-state index is 0. The van der Waals surface area contributed by atoms with E-state index in [0.717, 1.165) is 36.8 Å². The summed E-state index contributed by atoms with van der Waals surface area (Å²) in [7, 11) is 0. The molecule has 0 atom stereocenters. The van der Waals surface area contributed by atoms with E-state index in [9.17, 15) is 0 Å². The van der Waals surface area contributed by atoms with Gasteiger partial charge in [0.25, 0.3) is 0 Å². The van der Waals surface area contributed by atoms with Crippen LogP contribution in [0.3, 0.4) is 0 Å². The van der Waals surface area contributed by atoms with E-state index < -0.39 is 0 Å². The Balaban J connectivity index is 0.00000147. The number of rotatable bonds is 2. The standard InChI is InChI=1S/C15H15N3O.ClH/c16-10-12-3-1-2-11-4-5-14(18-15(11)12)19-13-6-8-17-9-7-13;/h1-5,13,17H,6-9H2;1H. The molecule has 1 aromatic carbocycles. The van der Waals surface area contributed by atoms with Gasteiger partial charge in [-0.2, -0.15) is 5.26 Å². The third-order valence-corrected chi connectivity index (χ3v) is 3.39. The molecule has 2 heterocycles. The van der Waals surface area contributed by atoms with Crippen LogP contribution >= 0.6 is 12.4 Å². The van der Waals surface area contributed by atoms with E-state index in [0.29, 0.717) is 11.4 Å². The van der Waals surface area contributed by atoms with E-state index in [1.165, 1.54) is 0 Å². The Hall–Kier alpha value is -1.83. The quantitative estimate of drug-likeness (QED) is 0.923. The summed E-state index contributed by atoms with van der Waals surface area (Å²) in [6, 6.07) is 11.6. The van der Waals surface area contributed by atoms with Gasteiger partial charge in [0.1, 0.15) is 12.2 Å². The third kappa shape index (κ3) is 3.01. The van der Waals surface area contributed by atoms with Crippen molar-refractivity contribution in [3.8, 4) is 11.9 Å². The summed E-state index contributed by atoms with van der Waals surface area (Å²) in [6.45, 7) is 1.98. The summed E-state index contributed by atoms with van der Waals surface area (Å²) in [4.78, 5) is 4.47. The molecule has 4 nitrogen and oxygen atoms in total. The molecule has 0 saturated carbocycles. The fraction of sp³-hybridized carbons (Fsp3) is 0.333. The molecule has 1 fully saturated rings. The molecule has 1 saturated heterocycles. The first-order valence-corrected chi connectivity index (χ1v) is 6.54. The highest BCUT2D eigenvalue weighted by Gasteiger charge is 2.15. The Morgan fingerprint density at radius 3 is 2.75 bits per heavy atom. The molecule has 0 bridgehead atoms. The molecule has 1 aliphatic heterocycles. The zero-order valence-corrected chi connectivity index (χ0v) is 11.8. The summed E-state index contributed by atoms with van der Waals surface area (Å²) >= 11 is 0. The zero-order valence-electron chi connectivity index (χ0n) is 11.0. The summed E-state index contributed by atoms with van der Waals surface area (Å²) in [5.41, 5.74) is 1.31. The van der Waals surface area contributed by atoms with Gasteiger partial charge in [-0.25, -0.2) is 4.98 Å². The van der Waals surface area contributed by atoms with Crippen LogP contribution < -0.4 is 10.1 Å². The van der Waals surface area contributed by atoms with Crippen LogP contribution in [0.2, 0.25) is 0 Å².